The first-order valence-corrected chi connectivity index (χ1v) is 16.2. The average molecular weight is 625 g/mol. The molecule has 2 amide bonds. The molecule has 1 unspecified atom stereocenters. The Morgan fingerprint density at radius 1 is 0.955 bits per heavy atom. The Labute approximate surface area is 260 Å². The van der Waals surface area contributed by atoms with Crippen LogP contribution in [0, 0.1) is 5.92 Å². The number of hydrogen-bond donors (Lipinski definition) is 4. The Morgan fingerprint density at radius 2 is 1.61 bits per heavy atom. The summed E-state index contributed by atoms with van der Waals surface area (Å²) < 4.78 is 33.1. The van der Waals surface area contributed by atoms with E-state index in [1.807, 2.05) is 68.4 Å². The van der Waals surface area contributed by atoms with E-state index in [2.05, 4.69) is 10.6 Å². The maximum Gasteiger partial charge on any atom is 0.407 e. The summed E-state index contributed by atoms with van der Waals surface area (Å²) in [5.74, 6) is -0.317. The van der Waals surface area contributed by atoms with Crippen LogP contribution in [0.3, 0.4) is 0 Å². The normalized spacial score (nSPS) is 13.0. The fourth-order valence-electron chi connectivity index (χ4n) is 4.97. The summed E-state index contributed by atoms with van der Waals surface area (Å²) in [7, 11) is -2.62. The highest BCUT2D eigenvalue weighted by Gasteiger charge is 2.31. The minimum Gasteiger partial charge on any atom is -0.453 e. The van der Waals surface area contributed by atoms with E-state index < -0.39 is 28.2 Å². The minimum absolute atomic E-state index is 0.0400. The van der Waals surface area contributed by atoms with Gasteiger partial charge < -0.3 is 26.2 Å². The second kappa shape index (κ2) is 16.8. The van der Waals surface area contributed by atoms with Gasteiger partial charge in [-0.25, -0.2) is 13.2 Å². The number of carbonyl (C=O) groups excluding carboxylic acids is 2. The first-order chi connectivity index (χ1) is 21.1. The molecule has 0 saturated heterocycles. The third-order valence-corrected chi connectivity index (χ3v) is 9.17. The van der Waals surface area contributed by atoms with E-state index in [4.69, 9.17) is 10.5 Å². The van der Waals surface area contributed by atoms with Gasteiger partial charge in [0.05, 0.1) is 18.6 Å². The molecule has 0 fully saturated rings. The van der Waals surface area contributed by atoms with Crippen LogP contribution in [0.2, 0.25) is 0 Å². The summed E-state index contributed by atoms with van der Waals surface area (Å²) in [6, 6.07) is 22.1. The number of anilines is 1. The van der Waals surface area contributed by atoms with Gasteiger partial charge in [-0.05, 0) is 59.7 Å². The van der Waals surface area contributed by atoms with Crippen LogP contribution in [0.4, 0.5) is 10.5 Å². The van der Waals surface area contributed by atoms with E-state index in [0.29, 0.717) is 31.5 Å². The zero-order valence-electron chi connectivity index (χ0n) is 25.6. The van der Waals surface area contributed by atoms with Gasteiger partial charge in [0.1, 0.15) is 6.04 Å². The average Bonchev–Trinajstić information content (AvgIpc) is 3.02. The molecule has 3 rings (SSSR count). The van der Waals surface area contributed by atoms with Crippen LogP contribution in [0.25, 0.3) is 11.1 Å². The van der Waals surface area contributed by atoms with Crippen molar-refractivity contribution in [1.82, 2.24) is 14.9 Å². The molecule has 44 heavy (non-hydrogen) atoms. The molecule has 0 radical (unpaired) electrons. The Morgan fingerprint density at radius 3 is 2.25 bits per heavy atom. The Balaban J connectivity index is 1.63. The number of aliphatic hydroxyl groups excluding tert-OH is 1. The lowest BCUT2D eigenvalue weighted by Gasteiger charge is -2.31. The van der Waals surface area contributed by atoms with Crippen LogP contribution in [0.5, 0.6) is 0 Å². The van der Waals surface area contributed by atoms with Gasteiger partial charge >= 0.3 is 6.09 Å². The molecule has 0 aromatic heterocycles. The number of ether oxygens (including phenoxy) is 1. The lowest BCUT2D eigenvalue weighted by molar-refractivity contribution is -0.123. The summed E-state index contributed by atoms with van der Waals surface area (Å²) in [4.78, 5) is 25.4. The smallest absolute Gasteiger partial charge is 0.407 e. The quantitative estimate of drug-likeness (QED) is 0.138. The van der Waals surface area contributed by atoms with Crippen LogP contribution in [0.15, 0.2) is 83.8 Å². The van der Waals surface area contributed by atoms with Crippen LogP contribution in [-0.2, 0) is 26.0 Å². The number of carbonyl (C=O) groups is 2. The molecule has 11 heteroatoms. The van der Waals surface area contributed by atoms with E-state index in [-0.39, 0.29) is 36.3 Å². The SMILES string of the molecule is COC(=O)NC(Cc1ccccc1-c1ccccc1)C(=O)NCCCC[C@@H](CO)N(CC(C)C)S(=O)(=O)c1ccc(N)cc1. The van der Waals surface area contributed by atoms with Crippen molar-refractivity contribution in [3.8, 4) is 11.1 Å². The molecular weight excluding hydrogens is 580 g/mol. The van der Waals surface area contributed by atoms with Crippen molar-refractivity contribution < 1.29 is 27.9 Å². The fraction of sp³-hybridized carbons (Fsp3) is 0.394. The van der Waals surface area contributed by atoms with Crippen LogP contribution < -0.4 is 16.4 Å². The molecule has 5 N–H and O–H groups in total. The zero-order valence-corrected chi connectivity index (χ0v) is 26.4. The van der Waals surface area contributed by atoms with Crippen molar-refractivity contribution in [1.29, 1.82) is 0 Å². The monoisotopic (exact) mass is 624 g/mol. The predicted molar refractivity (Wildman–Crippen MR) is 172 cm³/mol. The lowest BCUT2D eigenvalue weighted by Crippen LogP contribution is -2.48. The number of nitrogens with zero attached hydrogens (tertiary/aromatic N) is 1. The summed E-state index contributed by atoms with van der Waals surface area (Å²) >= 11 is 0. The van der Waals surface area contributed by atoms with Crippen molar-refractivity contribution >= 4 is 27.7 Å². The Hall–Kier alpha value is -3.93. The number of unbranched alkanes of at least 4 members (excludes halogenated alkanes) is 1. The predicted octanol–water partition coefficient (Wildman–Crippen LogP) is 4.20. The zero-order chi connectivity index (χ0) is 32.1. The van der Waals surface area contributed by atoms with Crippen molar-refractivity contribution in [3.05, 3.63) is 84.4 Å². The van der Waals surface area contributed by atoms with E-state index >= 15 is 0 Å². The van der Waals surface area contributed by atoms with Gasteiger partial charge in [-0.15, -0.1) is 0 Å². The number of sulfonamides is 1. The minimum atomic E-state index is -3.86. The number of alkyl carbamates (subject to hydrolysis) is 1. The molecule has 0 bridgehead atoms. The largest absolute Gasteiger partial charge is 0.453 e. The molecule has 3 aromatic carbocycles. The molecule has 238 valence electrons. The van der Waals surface area contributed by atoms with Crippen LogP contribution in [0.1, 0.15) is 38.7 Å². The van der Waals surface area contributed by atoms with E-state index in [1.54, 1.807) is 12.1 Å². The summed E-state index contributed by atoms with van der Waals surface area (Å²) in [6.07, 6.45) is 1.06. The first kappa shape index (κ1) is 34.6. The summed E-state index contributed by atoms with van der Waals surface area (Å²) in [5, 5.41) is 15.7. The van der Waals surface area contributed by atoms with Gasteiger partial charge in [0, 0.05) is 31.2 Å². The van der Waals surface area contributed by atoms with Gasteiger partial charge in [0.2, 0.25) is 15.9 Å². The molecule has 0 heterocycles. The van der Waals surface area contributed by atoms with E-state index in [1.165, 1.54) is 23.5 Å². The van der Waals surface area contributed by atoms with Crippen molar-refractivity contribution in [2.24, 2.45) is 5.92 Å². The van der Waals surface area contributed by atoms with Crippen LogP contribution >= 0.6 is 0 Å². The van der Waals surface area contributed by atoms with Gasteiger partial charge in [0.15, 0.2) is 0 Å². The molecular formula is C33H44N4O6S. The number of methoxy groups -OCH3 is 1. The first-order valence-electron chi connectivity index (χ1n) is 14.8. The Bertz CT molecular complexity index is 1450. The number of nitrogen functional groups attached to an aromatic ring is 1. The number of hydrogen-bond acceptors (Lipinski definition) is 7. The number of benzene rings is 3. The lowest BCUT2D eigenvalue weighted by atomic mass is 9.95. The van der Waals surface area contributed by atoms with Crippen molar-refractivity contribution in [2.45, 2.75) is 56.5 Å². The van der Waals surface area contributed by atoms with Gasteiger partial charge in [-0.1, -0.05) is 74.9 Å². The second-order valence-corrected chi connectivity index (χ2v) is 13.0. The van der Waals surface area contributed by atoms with E-state index in [9.17, 15) is 23.1 Å². The highest BCUT2D eigenvalue weighted by atomic mass is 32.2. The standard InChI is InChI=1S/C33H44N4O6S/c1-24(2)22-37(44(41,42)29-18-16-27(34)17-19-29)28(23-38)14-9-10-20-35-32(39)31(36-33(40)43-3)21-26-13-7-8-15-30(26)25-11-5-4-6-12-25/h4-8,11-13,15-19,24,28,31,38H,9-10,14,20-23,34H2,1-3H3,(H,35,39)(H,36,40)/t28-,31?/m0/s1. The number of rotatable bonds is 16. The van der Waals surface area contributed by atoms with Gasteiger partial charge in [0.25, 0.3) is 0 Å². The second-order valence-electron chi connectivity index (χ2n) is 11.1. The van der Waals surface area contributed by atoms with Gasteiger partial charge in [-0.2, -0.15) is 4.31 Å². The van der Waals surface area contributed by atoms with E-state index in [0.717, 1.165) is 16.7 Å². The maximum absolute atomic E-state index is 13.5. The molecule has 3 aromatic rings. The fourth-order valence-corrected chi connectivity index (χ4v) is 6.78. The summed E-state index contributed by atoms with van der Waals surface area (Å²) in [6.45, 7) is 4.07. The highest BCUT2D eigenvalue weighted by Crippen LogP contribution is 2.25. The third kappa shape index (κ3) is 9.80. The number of nitrogens with two attached hydrogens (primary N) is 1. The molecule has 0 spiro atoms. The molecule has 0 aliphatic carbocycles. The van der Waals surface area contributed by atoms with Crippen molar-refractivity contribution in [2.75, 3.05) is 32.5 Å². The van der Waals surface area contributed by atoms with Crippen LogP contribution in [-0.4, -0.2) is 68.7 Å². The highest BCUT2D eigenvalue weighted by molar-refractivity contribution is 7.89. The molecule has 2 atom stereocenters. The van der Waals surface area contributed by atoms with Crippen molar-refractivity contribution in [3.63, 3.8) is 0 Å². The molecule has 10 nitrogen and oxygen atoms in total. The number of aliphatic hydroxyl groups is 1. The topological polar surface area (TPSA) is 151 Å². The maximum atomic E-state index is 13.5. The molecule has 0 aliphatic rings. The number of nitrogens with one attached hydrogen (secondary N) is 2. The molecule has 0 saturated carbocycles. The Kier molecular flexibility index (Phi) is 13.2. The molecule has 0 aliphatic heterocycles. The third-order valence-electron chi connectivity index (χ3n) is 7.23. The number of amides is 2. The summed E-state index contributed by atoms with van der Waals surface area (Å²) in [5.41, 5.74) is 9.07. The van der Waals surface area contributed by atoms with Gasteiger partial charge in [-0.3, -0.25) is 4.79 Å².